The molecule has 0 radical (unpaired) electrons. The molecule has 144 valence electrons. The van der Waals surface area contributed by atoms with Crippen LogP contribution in [-0.2, 0) is 10.8 Å². The Kier molecular flexibility index (Phi) is 4.15. The zero-order valence-electron chi connectivity index (χ0n) is 17.4. The van der Waals surface area contributed by atoms with Crippen molar-refractivity contribution in [2.24, 2.45) is 0 Å². The van der Waals surface area contributed by atoms with Gasteiger partial charge in [0.05, 0.1) is 5.56 Å². The molecule has 0 spiro atoms. The van der Waals surface area contributed by atoms with Crippen LogP contribution in [0.3, 0.4) is 0 Å². The van der Waals surface area contributed by atoms with Gasteiger partial charge in [-0.05, 0) is 87.4 Å². The number of hydrogen-bond acceptors (Lipinski definition) is 1. The Hall–Kier alpha value is -2.61. The van der Waals surface area contributed by atoms with Gasteiger partial charge in [0.25, 0.3) is 0 Å². The molecule has 0 aromatic heterocycles. The highest BCUT2D eigenvalue weighted by molar-refractivity contribution is 5.93. The monoisotopic (exact) mass is 372 g/mol. The maximum Gasteiger partial charge on any atom is 0.335 e. The topological polar surface area (TPSA) is 37.3 Å². The molecule has 0 saturated heterocycles. The fraction of sp³-hybridized carbons (Fsp3) is 0.346. The Bertz CT molecular complexity index is 1090. The van der Waals surface area contributed by atoms with E-state index in [1.54, 1.807) is 12.1 Å². The first-order valence-electron chi connectivity index (χ1n) is 10.0. The van der Waals surface area contributed by atoms with Gasteiger partial charge in [-0.2, -0.15) is 0 Å². The minimum atomic E-state index is -0.891. The third-order valence-electron chi connectivity index (χ3n) is 6.60. The number of aromatic carboxylic acids is 1. The lowest BCUT2D eigenvalue weighted by Gasteiger charge is -2.42. The van der Waals surface area contributed by atoms with Crippen molar-refractivity contribution in [1.82, 2.24) is 0 Å². The largest absolute Gasteiger partial charge is 0.478 e. The normalized spacial score (nSPS) is 17.3. The van der Waals surface area contributed by atoms with Gasteiger partial charge >= 0.3 is 5.97 Å². The second-order valence-electron chi connectivity index (χ2n) is 9.56. The Morgan fingerprint density at radius 2 is 1.39 bits per heavy atom. The van der Waals surface area contributed by atoms with E-state index in [0.717, 1.165) is 11.1 Å². The molecule has 0 aliphatic heterocycles. The fourth-order valence-electron chi connectivity index (χ4n) is 4.58. The molecule has 3 aromatic rings. The van der Waals surface area contributed by atoms with Crippen molar-refractivity contribution in [1.29, 1.82) is 0 Å². The SMILES string of the molecule is Cc1cc(-c2ccc(C(=O)O)cc2)cc2cc3c(cc12)C(C)(C)CCC3(C)C. The number of rotatable bonds is 2. The van der Waals surface area contributed by atoms with E-state index < -0.39 is 5.97 Å². The minimum Gasteiger partial charge on any atom is -0.478 e. The van der Waals surface area contributed by atoms with Crippen molar-refractivity contribution in [2.75, 3.05) is 0 Å². The Morgan fingerprint density at radius 3 is 1.96 bits per heavy atom. The summed E-state index contributed by atoms with van der Waals surface area (Å²) in [6.07, 6.45) is 2.42. The van der Waals surface area contributed by atoms with Gasteiger partial charge in [0.1, 0.15) is 0 Å². The molecule has 0 bridgehead atoms. The lowest BCUT2D eigenvalue weighted by atomic mass is 9.62. The van der Waals surface area contributed by atoms with Crippen molar-refractivity contribution < 1.29 is 9.90 Å². The van der Waals surface area contributed by atoms with Crippen molar-refractivity contribution in [3.8, 4) is 11.1 Å². The Morgan fingerprint density at radius 1 is 0.821 bits per heavy atom. The highest BCUT2D eigenvalue weighted by Gasteiger charge is 2.37. The van der Waals surface area contributed by atoms with Gasteiger partial charge in [-0.25, -0.2) is 4.79 Å². The van der Waals surface area contributed by atoms with Crippen LogP contribution in [0.1, 0.15) is 67.6 Å². The van der Waals surface area contributed by atoms with Crippen LogP contribution in [0.5, 0.6) is 0 Å². The minimum absolute atomic E-state index is 0.187. The third kappa shape index (κ3) is 3.01. The summed E-state index contributed by atoms with van der Waals surface area (Å²) in [5.41, 5.74) is 7.10. The molecule has 1 N–H and O–H groups in total. The summed E-state index contributed by atoms with van der Waals surface area (Å²) < 4.78 is 0. The standard InChI is InChI=1S/C26H28O2/c1-16-12-19(17-6-8-18(9-7-17)24(27)28)13-20-14-22-23(15-21(16)20)26(4,5)11-10-25(22,2)3/h6-9,12-15H,10-11H2,1-5H3,(H,27,28). The predicted molar refractivity (Wildman–Crippen MR) is 116 cm³/mol. The Balaban J connectivity index is 1.90. The number of fused-ring (bicyclic) bond motifs is 2. The fourth-order valence-corrected chi connectivity index (χ4v) is 4.58. The molecule has 0 fully saturated rings. The van der Waals surface area contributed by atoms with E-state index in [9.17, 15) is 4.79 Å². The van der Waals surface area contributed by atoms with Gasteiger partial charge < -0.3 is 5.11 Å². The second-order valence-corrected chi connectivity index (χ2v) is 9.56. The highest BCUT2D eigenvalue weighted by Crippen LogP contribution is 2.47. The van der Waals surface area contributed by atoms with Gasteiger partial charge in [0.15, 0.2) is 0 Å². The first kappa shape index (κ1) is 18.7. The van der Waals surface area contributed by atoms with Gasteiger partial charge in [0.2, 0.25) is 0 Å². The predicted octanol–water partition coefficient (Wildman–Crippen LogP) is 6.86. The quantitative estimate of drug-likeness (QED) is 0.533. The summed E-state index contributed by atoms with van der Waals surface area (Å²) >= 11 is 0. The van der Waals surface area contributed by atoms with E-state index in [4.69, 9.17) is 5.11 Å². The summed E-state index contributed by atoms with van der Waals surface area (Å²) in [7, 11) is 0. The maximum atomic E-state index is 11.1. The number of aryl methyl sites for hydroxylation is 1. The van der Waals surface area contributed by atoms with Gasteiger partial charge in [0, 0.05) is 0 Å². The van der Waals surface area contributed by atoms with E-state index in [-0.39, 0.29) is 10.8 Å². The van der Waals surface area contributed by atoms with Crippen molar-refractivity contribution in [3.05, 3.63) is 70.8 Å². The molecule has 28 heavy (non-hydrogen) atoms. The van der Waals surface area contributed by atoms with Crippen LogP contribution in [-0.4, -0.2) is 11.1 Å². The molecule has 1 aliphatic rings. The number of carbonyl (C=O) groups is 1. The lowest BCUT2D eigenvalue weighted by Crippen LogP contribution is -2.33. The lowest BCUT2D eigenvalue weighted by molar-refractivity contribution is 0.0697. The number of benzene rings is 3. The first-order valence-corrected chi connectivity index (χ1v) is 10.0. The molecule has 2 nitrogen and oxygen atoms in total. The smallest absolute Gasteiger partial charge is 0.335 e. The molecule has 2 heteroatoms. The maximum absolute atomic E-state index is 11.1. The number of hydrogen-bond donors (Lipinski definition) is 1. The number of carboxylic acids is 1. The summed E-state index contributed by atoms with van der Waals surface area (Å²) in [4.78, 5) is 11.1. The summed E-state index contributed by atoms with van der Waals surface area (Å²) in [6, 6.07) is 16.4. The second kappa shape index (κ2) is 6.20. The average molecular weight is 373 g/mol. The van der Waals surface area contributed by atoms with E-state index in [1.807, 2.05) is 12.1 Å². The molecule has 4 rings (SSSR count). The first-order chi connectivity index (χ1) is 13.1. The van der Waals surface area contributed by atoms with Gasteiger partial charge in [-0.1, -0.05) is 58.0 Å². The van der Waals surface area contributed by atoms with Crippen LogP contribution in [0.25, 0.3) is 21.9 Å². The van der Waals surface area contributed by atoms with E-state index in [2.05, 4.69) is 58.9 Å². The van der Waals surface area contributed by atoms with Crippen molar-refractivity contribution >= 4 is 16.7 Å². The molecule has 0 amide bonds. The zero-order valence-corrected chi connectivity index (χ0v) is 17.4. The molecular weight excluding hydrogens is 344 g/mol. The molecule has 3 aromatic carbocycles. The van der Waals surface area contributed by atoms with Crippen molar-refractivity contribution in [3.63, 3.8) is 0 Å². The van der Waals surface area contributed by atoms with Crippen LogP contribution >= 0.6 is 0 Å². The highest BCUT2D eigenvalue weighted by atomic mass is 16.4. The van der Waals surface area contributed by atoms with E-state index in [1.165, 1.54) is 40.3 Å². The summed E-state index contributed by atoms with van der Waals surface area (Å²) in [5, 5.41) is 11.7. The summed E-state index contributed by atoms with van der Waals surface area (Å²) in [5.74, 6) is -0.891. The van der Waals surface area contributed by atoms with Crippen molar-refractivity contribution in [2.45, 2.75) is 58.3 Å². The van der Waals surface area contributed by atoms with Crippen LogP contribution in [0.4, 0.5) is 0 Å². The molecule has 0 heterocycles. The van der Waals surface area contributed by atoms with Crippen LogP contribution in [0.2, 0.25) is 0 Å². The molecule has 0 saturated carbocycles. The molecular formula is C26H28O2. The number of carboxylic acid groups (broad SMARTS) is 1. The third-order valence-corrected chi connectivity index (χ3v) is 6.60. The average Bonchev–Trinajstić information content (AvgIpc) is 2.65. The van der Waals surface area contributed by atoms with Gasteiger partial charge in [-0.15, -0.1) is 0 Å². The van der Waals surface area contributed by atoms with Crippen LogP contribution in [0, 0.1) is 6.92 Å². The van der Waals surface area contributed by atoms with Crippen LogP contribution < -0.4 is 0 Å². The summed E-state index contributed by atoms with van der Waals surface area (Å²) in [6.45, 7) is 11.6. The Labute approximate surface area is 167 Å². The van der Waals surface area contributed by atoms with Crippen LogP contribution in [0.15, 0.2) is 48.5 Å². The zero-order chi connectivity index (χ0) is 20.3. The van der Waals surface area contributed by atoms with E-state index >= 15 is 0 Å². The molecule has 0 unspecified atom stereocenters. The van der Waals surface area contributed by atoms with Gasteiger partial charge in [-0.3, -0.25) is 0 Å². The van der Waals surface area contributed by atoms with E-state index in [0.29, 0.717) is 5.56 Å². The molecule has 0 atom stereocenters. The molecule has 1 aliphatic carbocycles.